The Morgan fingerprint density at radius 3 is 1.92 bits per heavy atom. The summed E-state index contributed by atoms with van der Waals surface area (Å²) in [6, 6.07) is 64.7. The Hall–Kier alpha value is -7.93. The molecule has 0 aliphatic heterocycles. The minimum atomic E-state index is 0.591. The van der Waals surface area contributed by atoms with Crippen molar-refractivity contribution in [1.29, 1.82) is 0 Å². The van der Waals surface area contributed by atoms with E-state index in [0.29, 0.717) is 17.5 Å². The maximum absolute atomic E-state index is 6.69. The molecule has 4 aromatic heterocycles. The molecule has 14 rings (SSSR count). The molecule has 0 aliphatic carbocycles. The van der Waals surface area contributed by atoms with E-state index in [1.807, 2.05) is 24.3 Å². The van der Waals surface area contributed by atoms with Crippen LogP contribution in [0, 0.1) is 0 Å². The van der Waals surface area contributed by atoms with Crippen molar-refractivity contribution in [2.75, 3.05) is 0 Å². The predicted octanol–water partition coefficient (Wildman–Crippen LogP) is 15.1. The van der Waals surface area contributed by atoms with Crippen molar-refractivity contribution in [3.63, 3.8) is 0 Å². The zero-order chi connectivity index (χ0) is 39.8. The average Bonchev–Trinajstić information content (AvgIpc) is 4.00. The Morgan fingerprint density at radius 1 is 0.377 bits per heavy atom. The summed E-state index contributed by atoms with van der Waals surface area (Å²) in [5, 5.41) is 14.3. The minimum absolute atomic E-state index is 0.591. The van der Waals surface area contributed by atoms with Crippen LogP contribution in [0.2, 0.25) is 0 Å². The van der Waals surface area contributed by atoms with Gasteiger partial charge in [0.25, 0.3) is 0 Å². The number of hydrogen-bond donors (Lipinski definition) is 0. The summed E-state index contributed by atoms with van der Waals surface area (Å²) in [4.78, 5) is 16.2. The van der Waals surface area contributed by atoms with E-state index in [9.17, 15) is 0 Å². The lowest BCUT2D eigenvalue weighted by atomic mass is 9.91. The van der Waals surface area contributed by atoms with E-state index in [4.69, 9.17) is 19.4 Å². The van der Waals surface area contributed by atoms with Gasteiger partial charge in [0.2, 0.25) is 0 Å². The summed E-state index contributed by atoms with van der Waals surface area (Å²) < 4.78 is 11.6. The van der Waals surface area contributed by atoms with Gasteiger partial charge in [0.05, 0.1) is 22.1 Å². The normalized spacial score (nSPS) is 12.3. The molecule has 0 saturated heterocycles. The molecule has 61 heavy (non-hydrogen) atoms. The first-order valence-electron chi connectivity index (χ1n) is 20.5. The summed E-state index contributed by atoms with van der Waals surface area (Å²) in [6.45, 7) is 0. The second-order valence-corrected chi connectivity index (χ2v) is 16.9. The van der Waals surface area contributed by atoms with Gasteiger partial charge in [-0.25, -0.2) is 15.0 Å². The fourth-order valence-electron chi connectivity index (χ4n) is 10.1. The van der Waals surface area contributed by atoms with Crippen LogP contribution in [0.3, 0.4) is 0 Å². The van der Waals surface area contributed by atoms with Gasteiger partial charge in [-0.2, -0.15) is 0 Å². The lowest BCUT2D eigenvalue weighted by Crippen LogP contribution is -2.04. The zero-order valence-corrected chi connectivity index (χ0v) is 33.2. The molecule has 0 unspecified atom stereocenters. The average molecular weight is 795 g/mol. The number of thiophene rings is 1. The molecule has 0 radical (unpaired) electrons. The number of aromatic nitrogens is 4. The Balaban J connectivity index is 1.17. The van der Waals surface area contributed by atoms with Crippen LogP contribution >= 0.6 is 11.3 Å². The van der Waals surface area contributed by atoms with Crippen molar-refractivity contribution < 1.29 is 4.42 Å². The summed E-state index contributed by atoms with van der Waals surface area (Å²) in [6.07, 6.45) is 0. The second kappa shape index (κ2) is 12.3. The number of nitrogens with zero attached hydrogens (tertiary/aromatic N) is 4. The van der Waals surface area contributed by atoms with Gasteiger partial charge in [0, 0.05) is 58.4 Å². The molecule has 10 aromatic carbocycles. The van der Waals surface area contributed by atoms with E-state index in [1.165, 1.54) is 57.9 Å². The molecule has 5 nitrogen and oxygen atoms in total. The summed E-state index contributed by atoms with van der Waals surface area (Å²) in [5.74, 6) is 1.84. The predicted molar refractivity (Wildman–Crippen MR) is 254 cm³/mol. The van der Waals surface area contributed by atoms with Crippen LogP contribution in [0.4, 0.5) is 0 Å². The number of furan rings is 1. The molecular weight excluding hydrogens is 765 g/mol. The van der Waals surface area contributed by atoms with Crippen molar-refractivity contribution in [1.82, 2.24) is 19.5 Å². The SMILES string of the molecule is c1ccc(-c2nc(-c3ccc4oc5ccccc5c4c3-n3c4cccc5c6ccccc6c6c7ccccc7cc3c6c54)nc(-c3cccc4sc5ccccc5c34)n2)cc1. The van der Waals surface area contributed by atoms with Gasteiger partial charge in [0.15, 0.2) is 17.5 Å². The third-order valence-corrected chi connectivity index (χ3v) is 13.7. The van der Waals surface area contributed by atoms with Gasteiger partial charge in [-0.1, -0.05) is 140 Å². The van der Waals surface area contributed by atoms with Gasteiger partial charge in [-0.3, -0.25) is 0 Å². The Bertz CT molecular complexity index is 4120. The van der Waals surface area contributed by atoms with E-state index >= 15 is 0 Å². The lowest BCUT2D eigenvalue weighted by molar-refractivity contribution is 0.669. The highest BCUT2D eigenvalue weighted by molar-refractivity contribution is 7.25. The Kier molecular flexibility index (Phi) is 6.65. The van der Waals surface area contributed by atoms with Gasteiger partial charge in [-0.05, 0) is 69.4 Å². The standard InChI is InChI=1S/C55H30N4OS/c1-2-14-31(15-3-1)53-56-54(39-23-13-27-46-47(39)38-21-9-11-26-45(38)61-46)58-55(57-53)40-28-29-44-50(37-20-8-10-25-43(37)60-44)52(40)59-41-24-12-22-36-34-18-6-7-19-35(34)48-33-17-5-4-16-32(33)30-42(59)51(48)49(36)41/h1-30H. The molecule has 0 saturated carbocycles. The maximum Gasteiger partial charge on any atom is 0.166 e. The largest absolute Gasteiger partial charge is 0.456 e. The quantitative estimate of drug-likeness (QED) is 0.167. The molecule has 4 heterocycles. The molecule has 282 valence electrons. The topological polar surface area (TPSA) is 56.7 Å². The van der Waals surface area contributed by atoms with Crippen LogP contribution in [0.5, 0.6) is 0 Å². The molecule has 0 bridgehead atoms. The first-order valence-corrected chi connectivity index (χ1v) is 21.3. The molecule has 0 fully saturated rings. The van der Waals surface area contributed by atoms with Gasteiger partial charge in [-0.15, -0.1) is 11.3 Å². The van der Waals surface area contributed by atoms with Crippen LogP contribution in [0.1, 0.15) is 0 Å². The number of fused-ring (bicyclic) bond motifs is 11. The smallest absolute Gasteiger partial charge is 0.166 e. The Morgan fingerprint density at radius 2 is 1.03 bits per heavy atom. The minimum Gasteiger partial charge on any atom is -0.456 e. The summed E-state index contributed by atoms with van der Waals surface area (Å²) >= 11 is 1.80. The van der Waals surface area contributed by atoms with E-state index in [2.05, 4.69) is 162 Å². The molecule has 0 N–H and O–H groups in total. The molecule has 0 aliphatic rings. The number of rotatable bonds is 4. The van der Waals surface area contributed by atoms with E-state index in [0.717, 1.165) is 60.7 Å². The van der Waals surface area contributed by atoms with Crippen LogP contribution in [0.15, 0.2) is 186 Å². The van der Waals surface area contributed by atoms with E-state index in [1.54, 1.807) is 11.3 Å². The fraction of sp³-hybridized carbons (Fsp3) is 0. The Labute approximate surface area is 351 Å². The van der Waals surface area contributed by atoms with Crippen molar-refractivity contribution >= 4 is 108 Å². The van der Waals surface area contributed by atoms with Crippen molar-refractivity contribution in [3.8, 4) is 39.9 Å². The van der Waals surface area contributed by atoms with Crippen LogP contribution in [0.25, 0.3) is 136 Å². The molecule has 6 heteroatoms. The zero-order valence-electron chi connectivity index (χ0n) is 32.4. The summed E-state index contributed by atoms with van der Waals surface area (Å²) in [7, 11) is 0. The fourth-order valence-corrected chi connectivity index (χ4v) is 11.2. The molecule has 0 spiro atoms. The third-order valence-electron chi connectivity index (χ3n) is 12.6. The number of benzene rings is 10. The van der Waals surface area contributed by atoms with E-state index in [-0.39, 0.29) is 0 Å². The monoisotopic (exact) mass is 794 g/mol. The third kappa shape index (κ3) is 4.57. The molecule has 14 aromatic rings. The highest BCUT2D eigenvalue weighted by atomic mass is 32.1. The molecule has 0 atom stereocenters. The first-order chi connectivity index (χ1) is 30.3. The maximum atomic E-state index is 6.69. The van der Waals surface area contributed by atoms with Crippen LogP contribution < -0.4 is 0 Å². The van der Waals surface area contributed by atoms with Gasteiger partial charge in [0.1, 0.15) is 11.2 Å². The van der Waals surface area contributed by atoms with Crippen LogP contribution in [-0.2, 0) is 0 Å². The van der Waals surface area contributed by atoms with Crippen molar-refractivity contribution in [2.45, 2.75) is 0 Å². The van der Waals surface area contributed by atoms with Gasteiger partial charge >= 0.3 is 0 Å². The molecular formula is C55H30N4OS. The van der Waals surface area contributed by atoms with Crippen molar-refractivity contribution in [3.05, 3.63) is 182 Å². The highest BCUT2D eigenvalue weighted by Gasteiger charge is 2.27. The summed E-state index contributed by atoms with van der Waals surface area (Å²) in [5.41, 5.74) is 7.64. The van der Waals surface area contributed by atoms with Gasteiger partial charge < -0.3 is 8.98 Å². The van der Waals surface area contributed by atoms with E-state index < -0.39 is 0 Å². The van der Waals surface area contributed by atoms with Crippen molar-refractivity contribution in [2.24, 2.45) is 0 Å². The number of para-hydroxylation sites is 1. The van der Waals surface area contributed by atoms with Crippen LogP contribution in [-0.4, -0.2) is 19.5 Å². The number of hydrogen-bond acceptors (Lipinski definition) is 5. The highest BCUT2D eigenvalue weighted by Crippen LogP contribution is 2.49. The second-order valence-electron chi connectivity index (χ2n) is 15.8. The molecule has 0 amide bonds. The lowest BCUT2D eigenvalue weighted by Gasteiger charge is -2.16. The first kappa shape index (κ1) is 33.0.